The maximum absolute atomic E-state index is 5.97. The number of fused-ring (bicyclic) bond motifs is 1. The Kier molecular flexibility index (Phi) is 2.70. The van der Waals surface area contributed by atoms with E-state index in [0.717, 1.165) is 18.8 Å². The number of hydrogen-bond acceptors (Lipinski definition) is 3. The molecule has 0 aliphatic carbocycles. The lowest BCUT2D eigenvalue weighted by Crippen LogP contribution is -2.15. The number of nitrogens with two attached hydrogens (primary N) is 1. The standard InChI is InChI=1S/C11H15NO2/c1-13-9-2-3-10-8(6-9)4-5-14-7-11(10)12/h2-3,6,11H,4-5,7,12H2,1H3. The molecule has 14 heavy (non-hydrogen) atoms. The summed E-state index contributed by atoms with van der Waals surface area (Å²) in [5.74, 6) is 0.887. The first-order chi connectivity index (χ1) is 6.81. The van der Waals surface area contributed by atoms with E-state index in [1.165, 1.54) is 11.1 Å². The third kappa shape index (κ3) is 1.74. The predicted molar refractivity (Wildman–Crippen MR) is 54.4 cm³/mol. The van der Waals surface area contributed by atoms with Crippen LogP contribution in [0, 0.1) is 0 Å². The van der Waals surface area contributed by atoms with Gasteiger partial charge in [0.05, 0.1) is 26.4 Å². The van der Waals surface area contributed by atoms with Gasteiger partial charge in [-0.15, -0.1) is 0 Å². The van der Waals surface area contributed by atoms with Crippen LogP contribution in [0.1, 0.15) is 17.2 Å². The van der Waals surface area contributed by atoms with Gasteiger partial charge in [0.25, 0.3) is 0 Å². The van der Waals surface area contributed by atoms with Crippen molar-refractivity contribution >= 4 is 0 Å². The molecule has 0 bridgehead atoms. The molecule has 1 aromatic carbocycles. The van der Waals surface area contributed by atoms with Crippen LogP contribution in [-0.2, 0) is 11.2 Å². The first kappa shape index (κ1) is 9.49. The molecular formula is C11H15NO2. The Bertz CT molecular complexity index is 325. The average molecular weight is 193 g/mol. The van der Waals surface area contributed by atoms with E-state index >= 15 is 0 Å². The van der Waals surface area contributed by atoms with Gasteiger partial charge in [0.15, 0.2) is 0 Å². The van der Waals surface area contributed by atoms with Gasteiger partial charge in [0, 0.05) is 0 Å². The molecule has 2 rings (SSSR count). The van der Waals surface area contributed by atoms with Gasteiger partial charge in [-0.2, -0.15) is 0 Å². The summed E-state index contributed by atoms with van der Waals surface area (Å²) in [6.45, 7) is 1.35. The number of rotatable bonds is 1. The molecule has 1 aliphatic rings. The van der Waals surface area contributed by atoms with Crippen molar-refractivity contribution in [2.45, 2.75) is 12.5 Å². The highest BCUT2D eigenvalue weighted by molar-refractivity contribution is 5.38. The Hall–Kier alpha value is -1.06. The van der Waals surface area contributed by atoms with Gasteiger partial charge in [-0.05, 0) is 29.7 Å². The van der Waals surface area contributed by atoms with E-state index in [0.29, 0.717) is 6.61 Å². The van der Waals surface area contributed by atoms with Gasteiger partial charge in [0.2, 0.25) is 0 Å². The molecular weight excluding hydrogens is 178 g/mol. The van der Waals surface area contributed by atoms with Gasteiger partial charge < -0.3 is 15.2 Å². The molecule has 1 aliphatic heterocycles. The van der Waals surface area contributed by atoms with Crippen molar-refractivity contribution < 1.29 is 9.47 Å². The summed E-state index contributed by atoms with van der Waals surface area (Å²) >= 11 is 0. The van der Waals surface area contributed by atoms with Gasteiger partial charge in [-0.3, -0.25) is 0 Å². The van der Waals surface area contributed by atoms with Crippen molar-refractivity contribution in [1.29, 1.82) is 0 Å². The van der Waals surface area contributed by atoms with Gasteiger partial charge in [-0.1, -0.05) is 6.07 Å². The van der Waals surface area contributed by atoms with Crippen LogP contribution in [0.3, 0.4) is 0 Å². The lowest BCUT2D eigenvalue weighted by Gasteiger charge is -2.12. The van der Waals surface area contributed by atoms with E-state index in [9.17, 15) is 0 Å². The van der Waals surface area contributed by atoms with Crippen LogP contribution >= 0.6 is 0 Å². The minimum absolute atomic E-state index is 0.00148. The highest BCUT2D eigenvalue weighted by Gasteiger charge is 2.15. The van der Waals surface area contributed by atoms with Crippen LogP contribution in [0.15, 0.2) is 18.2 Å². The topological polar surface area (TPSA) is 44.5 Å². The maximum atomic E-state index is 5.97. The quantitative estimate of drug-likeness (QED) is 0.730. The highest BCUT2D eigenvalue weighted by atomic mass is 16.5. The molecule has 0 aromatic heterocycles. The van der Waals surface area contributed by atoms with Crippen molar-refractivity contribution in [3.63, 3.8) is 0 Å². The summed E-state index contributed by atoms with van der Waals surface area (Å²) < 4.78 is 10.6. The van der Waals surface area contributed by atoms with E-state index in [-0.39, 0.29) is 6.04 Å². The summed E-state index contributed by atoms with van der Waals surface area (Å²) in [5, 5.41) is 0. The minimum Gasteiger partial charge on any atom is -0.497 e. The second kappa shape index (κ2) is 3.98. The number of methoxy groups -OCH3 is 1. The van der Waals surface area contributed by atoms with Crippen molar-refractivity contribution in [2.24, 2.45) is 5.73 Å². The molecule has 3 heteroatoms. The summed E-state index contributed by atoms with van der Waals surface area (Å²) in [4.78, 5) is 0. The Balaban J connectivity index is 2.38. The van der Waals surface area contributed by atoms with E-state index in [2.05, 4.69) is 0 Å². The second-order valence-electron chi connectivity index (χ2n) is 3.50. The smallest absolute Gasteiger partial charge is 0.119 e. The van der Waals surface area contributed by atoms with Gasteiger partial charge in [0.1, 0.15) is 5.75 Å². The maximum Gasteiger partial charge on any atom is 0.119 e. The number of benzene rings is 1. The SMILES string of the molecule is COc1ccc2c(c1)CCOCC2N. The second-order valence-corrected chi connectivity index (χ2v) is 3.50. The molecule has 0 radical (unpaired) electrons. The molecule has 0 spiro atoms. The van der Waals surface area contributed by atoms with Crippen molar-refractivity contribution in [3.8, 4) is 5.75 Å². The Morgan fingerprint density at radius 1 is 1.50 bits per heavy atom. The van der Waals surface area contributed by atoms with Crippen molar-refractivity contribution in [3.05, 3.63) is 29.3 Å². The Morgan fingerprint density at radius 2 is 2.36 bits per heavy atom. The molecule has 1 unspecified atom stereocenters. The van der Waals surface area contributed by atoms with Crippen LogP contribution < -0.4 is 10.5 Å². The summed E-state index contributed by atoms with van der Waals surface area (Å²) in [5.41, 5.74) is 8.40. The average Bonchev–Trinajstić information content (AvgIpc) is 2.40. The third-order valence-electron chi connectivity index (χ3n) is 2.56. The summed E-state index contributed by atoms with van der Waals surface area (Å²) in [6, 6.07) is 6.03. The first-order valence-corrected chi connectivity index (χ1v) is 4.81. The molecule has 0 fully saturated rings. The van der Waals surface area contributed by atoms with Crippen molar-refractivity contribution in [1.82, 2.24) is 0 Å². The number of hydrogen-bond donors (Lipinski definition) is 1. The van der Waals surface area contributed by atoms with E-state index in [1.54, 1.807) is 7.11 Å². The summed E-state index contributed by atoms with van der Waals surface area (Å²) in [7, 11) is 1.68. The minimum atomic E-state index is -0.00148. The molecule has 0 saturated carbocycles. The van der Waals surface area contributed by atoms with E-state index < -0.39 is 0 Å². The van der Waals surface area contributed by atoms with Gasteiger partial charge in [-0.25, -0.2) is 0 Å². The predicted octanol–water partition coefficient (Wildman–Crippen LogP) is 1.27. The fourth-order valence-electron chi connectivity index (χ4n) is 1.77. The Labute approximate surface area is 83.8 Å². The van der Waals surface area contributed by atoms with Crippen LogP contribution in [0.4, 0.5) is 0 Å². The van der Waals surface area contributed by atoms with Crippen LogP contribution in [0.25, 0.3) is 0 Å². The lowest BCUT2D eigenvalue weighted by atomic mass is 10.00. The third-order valence-corrected chi connectivity index (χ3v) is 2.56. The highest BCUT2D eigenvalue weighted by Crippen LogP contribution is 2.24. The molecule has 0 amide bonds. The van der Waals surface area contributed by atoms with Gasteiger partial charge >= 0.3 is 0 Å². The zero-order valence-corrected chi connectivity index (χ0v) is 8.32. The molecule has 76 valence electrons. The fraction of sp³-hybridized carbons (Fsp3) is 0.455. The lowest BCUT2D eigenvalue weighted by molar-refractivity contribution is 0.131. The van der Waals surface area contributed by atoms with E-state index in [4.69, 9.17) is 15.2 Å². The first-order valence-electron chi connectivity index (χ1n) is 4.81. The van der Waals surface area contributed by atoms with Crippen LogP contribution in [0.2, 0.25) is 0 Å². The molecule has 1 heterocycles. The molecule has 3 nitrogen and oxygen atoms in total. The molecule has 1 atom stereocenters. The monoisotopic (exact) mass is 193 g/mol. The Morgan fingerprint density at radius 3 is 3.14 bits per heavy atom. The number of ether oxygens (including phenoxy) is 2. The normalized spacial score (nSPS) is 21.1. The fourth-order valence-corrected chi connectivity index (χ4v) is 1.77. The molecule has 0 saturated heterocycles. The zero-order valence-electron chi connectivity index (χ0n) is 8.32. The largest absolute Gasteiger partial charge is 0.497 e. The summed E-state index contributed by atoms with van der Waals surface area (Å²) in [6.07, 6.45) is 0.917. The van der Waals surface area contributed by atoms with Crippen LogP contribution in [-0.4, -0.2) is 20.3 Å². The van der Waals surface area contributed by atoms with E-state index in [1.807, 2.05) is 18.2 Å². The molecule has 2 N–H and O–H groups in total. The van der Waals surface area contributed by atoms with Crippen molar-refractivity contribution in [2.75, 3.05) is 20.3 Å². The zero-order chi connectivity index (χ0) is 9.97. The molecule has 1 aromatic rings. The van der Waals surface area contributed by atoms with Crippen LogP contribution in [0.5, 0.6) is 5.75 Å².